The Hall–Kier alpha value is -2.61. The van der Waals surface area contributed by atoms with Crippen LogP contribution in [-0.2, 0) is 25.7 Å². The molecule has 0 aliphatic carbocycles. The van der Waals surface area contributed by atoms with Gasteiger partial charge in [-0.25, -0.2) is 9.59 Å². The molecular weight excluding hydrogens is 328 g/mol. The number of nitrogens with one attached hydrogen (secondary N) is 2. The molecule has 0 saturated heterocycles. The number of carbonyl (C=O) groups is 3. The Labute approximate surface area is 146 Å². The van der Waals surface area contributed by atoms with Crippen LogP contribution in [0, 0.1) is 13.8 Å². The maximum Gasteiger partial charge on any atom is 0.407 e. The van der Waals surface area contributed by atoms with E-state index in [0.717, 1.165) is 16.7 Å². The topological polar surface area (TPSA) is 103 Å². The number of ether oxygens (including phenoxy) is 3. The Morgan fingerprint density at radius 3 is 2.32 bits per heavy atom. The van der Waals surface area contributed by atoms with Gasteiger partial charge in [0.15, 0.2) is 0 Å². The van der Waals surface area contributed by atoms with Gasteiger partial charge in [-0.3, -0.25) is 4.79 Å². The lowest BCUT2D eigenvalue weighted by Gasteiger charge is -2.13. The highest BCUT2D eigenvalue weighted by atomic mass is 16.6. The van der Waals surface area contributed by atoms with E-state index in [1.165, 1.54) is 14.0 Å². The van der Waals surface area contributed by atoms with Crippen LogP contribution in [0.15, 0.2) is 12.1 Å². The SMILES string of the molecule is CNC(=O)OCc1cc(C)c(OC(=O)COCCNC(C)=O)c(C)c1. The molecular formula is C17H24N2O6. The molecule has 8 heteroatoms. The Balaban J connectivity index is 2.53. The smallest absolute Gasteiger partial charge is 0.407 e. The highest BCUT2D eigenvalue weighted by molar-refractivity contribution is 5.74. The molecule has 0 unspecified atom stereocenters. The molecule has 25 heavy (non-hydrogen) atoms. The van der Waals surface area contributed by atoms with Gasteiger partial charge in [0.1, 0.15) is 19.0 Å². The molecule has 0 aliphatic heterocycles. The summed E-state index contributed by atoms with van der Waals surface area (Å²) in [5, 5.41) is 4.93. The molecule has 138 valence electrons. The maximum atomic E-state index is 11.8. The molecule has 1 aromatic rings. The first kappa shape index (κ1) is 20.4. The minimum Gasteiger partial charge on any atom is -0.445 e. The molecule has 1 aromatic carbocycles. The third kappa shape index (κ3) is 7.67. The summed E-state index contributed by atoms with van der Waals surface area (Å²) in [5.41, 5.74) is 2.30. The van der Waals surface area contributed by atoms with E-state index in [1.54, 1.807) is 26.0 Å². The minimum absolute atomic E-state index is 0.127. The molecule has 0 heterocycles. The second-order valence-electron chi connectivity index (χ2n) is 5.39. The van der Waals surface area contributed by atoms with E-state index in [1.807, 2.05) is 0 Å². The number of hydrogen-bond donors (Lipinski definition) is 2. The maximum absolute atomic E-state index is 11.8. The summed E-state index contributed by atoms with van der Waals surface area (Å²) in [4.78, 5) is 33.6. The van der Waals surface area contributed by atoms with Crippen LogP contribution in [0.4, 0.5) is 4.79 Å². The molecule has 8 nitrogen and oxygen atoms in total. The largest absolute Gasteiger partial charge is 0.445 e. The molecule has 0 saturated carbocycles. The zero-order chi connectivity index (χ0) is 18.8. The summed E-state index contributed by atoms with van der Waals surface area (Å²) in [6, 6.07) is 3.58. The van der Waals surface area contributed by atoms with Gasteiger partial charge in [0.2, 0.25) is 5.91 Å². The van der Waals surface area contributed by atoms with Gasteiger partial charge in [0, 0.05) is 20.5 Å². The van der Waals surface area contributed by atoms with Crippen LogP contribution >= 0.6 is 0 Å². The summed E-state index contributed by atoms with van der Waals surface area (Å²) in [5.74, 6) is -0.222. The van der Waals surface area contributed by atoms with E-state index < -0.39 is 12.1 Å². The molecule has 2 N–H and O–H groups in total. The zero-order valence-electron chi connectivity index (χ0n) is 14.9. The Bertz CT molecular complexity index is 607. The number of rotatable bonds is 8. The van der Waals surface area contributed by atoms with Crippen LogP contribution < -0.4 is 15.4 Å². The number of alkyl carbamates (subject to hydrolysis) is 1. The average molecular weight is 352 g/mol. The average Bonchev–Trinajstić information content (AvgIpc) is 2.55. The molecule has 0 aromatic heterocycles. The summed E-state index contributed by atoms with van der Waals surface area (Å²) in [6.45, 7) is 5.49. The zero-order valence-corrected chi connectivity index (χ0v) is 14.9. The van der Waals surface area contributed by atoms with E-state index in [0.29, 0.717) is 12.3 Å². The predicted octanol–water partition coefficient (Wildman–Crippen LogP) is 1.22. The fraction of sp³-hybridized carbons (Fsp3) is 0.471. The van der Waals surface area contributed by atoms with E-state index in [4.69, 9.17) is 14.2 Å². The first-order valence-electron chi connectivity index (χ1n) is 7.81. The van der Waals surface area contributed by atoms with E-state index in [9.17, 15) is 14.4 Å². The Morgan fingerprint density at radius 1 is 1.12 bits per heavy atom. The lowest BCUT2D eigenvalue weighted by molar-refractivity contribution is -0.139. The van der Waals surface area contributed by atoms with Crippen molar-refractivity contribution in [1.29, 1.82) is 0 Å². The molecule has 1 rings (SSSR count). The van der Waals surface area contributed by atoms with Crippen molar-refractivity contribution < 1.29 is 28.6 Å². The highest BCUT2D eigenvalue weighted by Gasteiger charge is 2.12. The van der Waals surface area contributed by atoms with Crippen LogP contribution in [0.1, 0.15) is 23.6 Å². The lowest BCUT2D eigenvalue weighted by Crippen LogP contribution is -2.26. The monoisotopic (exact) mass is 352 g/mol. The quantitative estimate of drug-likeness (QED) is 0.414. The number of benzene rings is 1. The van der Waals surface area contributed by atoms with Crippen LogP contribution in [-0.4, -0.2) is 44.8 Å². The van der Waals surface area contributed by atoms with Crippen molar-refractivity contribution >= 4 is 18.0 Å². The van der Waals surface area contributed by atoms with Crippen molar-refractivity contribution in [3.05, 3.63) is 28.8 Å². The molecule has 0 radical (unpaired) electrons. The van der Waals surface area contributed by atoms with Crippen LogP contribution in [0.2, 0.25) is 0 Å². The van der Waals surface area contributed by atoms with Gasteiger partial charge in [0.05, 0.1) is 6.61 Å². The summed E-state index contributed by atoms with van der Waals surface area (Å²) in [6.07, 6.45) is -0.512. The van der Waals surface area contributed by atoms with Crippen molar-refractivity contribution in [2.24, 2.45) is 0 Å². The molecule has 2 amide bonds. The number of carbonyl (C=O) groups excluding carboxylic acids is 3. The third-order valence-corrected chi connectivity index (χ3v) is 3.15. The van der Waals surface area contributed by atoms with Crippen LogP contribution in [0.25, 0.3) is 0 Å². The molecule has 0 fully saturated rings. The normalized spacial score (nSPS) is 10.1. The van der Waals surface area contributed by atoms with E-state index in [-0.39, 0.29) is 25.7 Å². The van der Waals surface area contributed by atoms with Gasteiger partial charge in [-0.15, -0.1) is 0 Å². The Morgan fingerprint density at radius 2 is 1.76 bits per heavy atom. The van der Waals surface area contributed by atoms with Gasteiger partial charge in [0.25, 0.3) is 0 Å². The van der Waals surface area contributed by atoms with Gasteiger partial charge >= 0.3 is 12.1 Å². The fourth-order valence-electron chi connectivity index (χ4n) is 2.10. The second kappa shape index (κ2) is 10.3. The third-order valence-electron chi connectivity index (χ3n) is 3.15. The highest BCUT2D eigenvalue weighted by Crippen LogP contribution is 2.25. The first-order chi connectivity index (χ1) is 11.8. The van der Waals surface area contributed by atoms with Crippen molar-refractivity contribution in [3.63, 3.8) is 0 Å². The summed E-state index contributed by atoms with van der Waals surface area (Å²) >= 11 is 0. The number of esters is 1. The Kier molecular flexibility index (Phi) is 8.42. The van der Waals surface area contributed by atoms with Crippen LogP contribution in [0.5, 0.6) is 5.75 Å². The molecule has 0 aliphatic rings. The van der Waals surface area contributed by atoms with Gasteiger partial charge in [-0.05, 0) is 42.7 Å². The van der Waals surface area contributed by atoms with Gasteiger partial charge < -0.3 is 24.8 Å². The first-order valence-corrected chi connectivity index (χ1v) is 7.81. The molecule has 0 bridgehead atoms. The number of hydrogen-bond acceptors (Lipinski definition) is 6. The number of aryl methyl sites for hydroxylation is 2. The fourth-order valence-corrected chi connectivity index (χ4v) is 2.10. The minimum atomic E-state index is -0.525. The van der Waals surface area contributed by atoms with Crippen LogP contribution in [0.3, 0.4) is 0 Å². The predicted molar refractivity (Wildman–Crippen MR) is 90.3 cm³/mol. The van der Waals surface area contributed by atoms with Crippen molar-refractivity contribution in [2.75, 3.05) is 26.8 Å². The second-order valence-corrected chi connectivity index (χ2v) is 5.39. The molecule has 0 atom stereocenters. The number of amides is 2. The standard InChI is InChI=1S/C17H24N2O6/c1-11-7-14(9-24-17(22)18-4)8-12(2)16(11)25-15(21)10-23-6-5-19-13(3)20/h7-8H,5-6,9-10H2,1-4H3,(H,18,22)(H,19,20). The van der Waals surface area contributed by atoms with Crippen molar-refractivity contribution in [1.82, 2.24) is 10.6 Å². The van der Waals surface area contributed by atoms with Gasteiger partial charge in [-0.1, -0.05) is 0 Å². The van der Waals surface area contributed by atoms with Gasteiger partial charge in [-0.2, -0.15) is 0 Å². The summed E-state index contributed by atoms with van der Waals surface area (Å²) in [7, 11) is 1.49. The van der Waals surface area contributed by atoms with Crippen molar-refractivity contribution in [3.8, 4) is 5.75 Å². The summed E-state index contributed by atoms with van der Waals surface area (Å²) < 4.78 is 15.5. The van der Waals surface area contributed by atoms with Crippen molar-refractivity contribution in [2.45, 2.75) is 27.4 Å². The molecule has 0 spiro atoms. The lowest BCUT2D eigenvalue weighted by atomic mass is 10.1. The van der Waals surface area contributed by atoms with E-state index >= 15 is 0 Å². The van der Waals surface area contributed by atoms with E-state index in [2.05, 4.69) is 10.6 Å².